The van der Waals surface area contributed by atoms with E-state index in [0.29, 0.717) is 35.9 Å². The molecule has 4 nitrogen and oxygen atoms in total. The van der Waals surface area contributed by atoms with Crippen LogP contribution in [0.25, 0.3) is 0 Å². The van der Waals surface area contributed by atoms with E-state index in [1.807, 2.05) is 13.8 Å². The minimum absolute atomic E-state index is 0.0913. The first-order valence-electron chi connectivity index (χ1n) is 7.17. The molecule has 1 amide bonds. The molecule has 1 aromatic rings. The molecule has 0 saturated carbocycles. The van der Waals surface area contributed by atoms with Gasteiger partial charge < -0.3 is 10.4 Å². The second kappa shape index (κ2) is 8.39. The second-order valence-electron chi connectivity index (χ2n) is 5.86. The number of carbonyl (C=O) groups excluding carboxylic acids is 1. The first-order valence-corrected chi connectivity index (χ1v) is 7.92. The van der Waals surface area contributed by atoms with Crippen molar-refractivity contribution in [2.24, 2.45) is 0 Å². The largest absolute Gasteiger partial charge is 0.481 e. The quantitative estimate of drug-likeness (QED) is 0.699. The van der Waals surface area contributed by atoms with Crippen LogP contribution in [0.3, 0.4) is 0 Å². The van der Waals surface area contributed by atoms with Gasteiger partial charge >= 0.3 is 5.97 Å². The van der Waals surface area contributed by atoms with E-state index in [0.717, 1.165) is 5.56 Å². The lowest BCUT2D eigenvalue weighted by Gasteiger charge is -2.27. The van der Waals surface area contributed by atoms with Gasteiger partial charge in [0.25, 0.3) is 0 Å². The maximum Gasteiger partial charge on any atom is 0.303 e. The molecule has 122 valence electrons. The predicted octanol–water partition coefficient (Wildman–Crippen LogP) is 4.03. The number of unbranched alkanes of at least 4 members (excludes halogenated alkanes) is 1. The van der Waals surface area contributed by atoms with E-state index < -0.39 is 11.4 Å². The summed E-state index contributed by atoms with van der Waals surface area (Å²) in [6.07, 6.45) is 1.47. The fraction of sp³-hybridized carbons (Fsp3) is 0.500. The van der Waals surface area contributed by atoms with Crippen molar-refractivity contribution in [3.05, 3.63) is 33.8 Å². The average Bonchev–Trinajstić information content (AvgIpc) is 2.41. The van der Waals surface area contributed by atoms with Gasteiger partial charge in [0.2, 0.25) is 5.91 Å². The first-order chi connectivity index (χ1) is 10.2. The highest BCUT2D eigenvalue weighted by Crippen LogP contribution is 2.35. The van der Waals surface area contributed by atoms with Crippen LogP contribution >= 0.6 is 23.2 Å². The van der Waals surface area contributed by atoms with Gasteiger partial charge in [-0.25, -0.2) is 0 Å². The minimum Gasteiger partial charge on any atom is -0.481 e. The summed E-state index contributed by atoms with van der Waals surface area (Å²) in [5.74, 6) is -0.934. The Morgan fingerprint density at radius 3 is 2.23 bits per heavy atom. The lowest BCUT2D eigenvalue weighted by molar-refractivity contribution is -0.137. The lowest BCUT2D eigenvalue weighted by atomic mass is 9.84. The van der Waals surface area contributed by atoms with E-state index in [1.165, 1.54) is 0 Å². The Hall–Kier alpha value is -1.26. The van der Waals surface area contributed by atoms with E-state index in [9.17, 15) is 9.59 Å². The van der Waals surface area contributed by atoms with Crippen molar-refractivity contribution in [1.82, 2.24) is 5.32 Å². The van der Waals surface area contributed by atoms with E-state index in [-0.39, 0.29) is 12.3 Å². The Labute approximate surface area is 140 Å². The monoisotopic (exact) mass is 345 g/mol. The predicted molar refractivity (Wildman–Crippen MR) is 88.6 cm³/mol. The number of amides is 1. The van der Waals surface area contributed by atoms with Crippen LogP contribution < -0.4 is 5.32 Å². The Morgan fingerprint density at radius 2 is 1.68 bits per heavy atom. The molecule has 0 fully saturated rings. The number of hydrogen-bond acceptors (Lipinski definition) is 2. The molecule has 0 spiro atoms. The molecule has 6 heteroatoms. The summed E-state index contributed by atoms with van der Waals surface area (Å²) in [5.41, 5.74) is 0.413. The highest BCUT2D eigenvalue weighted by atomic mass is 35.5. The van der Waals surface area contributed by atoms with E-state index in [4.69, 9.17) is 28.3 Å². The first kappa shape index (κ1) is 18.8. The molecule has 0 aliphatic heterocycles. The molecule has 1 aromatic carbocycles. The molecular weight excluding hydrogens is 325 g/mol. The third-order valence-electron chi connectivity index (χ3n) is 3.41. The molecule has 0 saturated heterocycles. The molecular formula is C16H21Cl2NO3. The SMILES string of the molecule is CC(C)(CNC(=O)CCCCC(=O)O)c1c(Cl)cccc1Cl. The van der Waals surface area contributed by atoms with E-state index >= 15 is 0 Å². The van der Waals surface area contributed by atoms with Gasteiger partial charge in [0.05, 0.1) is 0 Å². The van der Waals surface area contributed by atoms with Crippen LogP contribution in [0.4, 0.5) is 0 Å². The number of carbonyl (C=O) groups is 2. The smallest absolute Gasteiger partial charge is 0.303 e. The van der Waals surface area contributed by atoms with Gasteiger partial charge in [0.1, 0.15) is 0 Å². The summed E-state index contributed by atoms with van der Waals surface area (Å²) >= 11 is 12.4. The number of aliphatic carboxylic acids is 1. The van der Waals surface area contributed by atoms with Crippen molar-refractivity contribution < 1.29 is 14.7 Å². The fourth-order valence-corrected chi connectivity index (χ4v) is 3.11. The van der Waals surface area contributed by atoms with Gasteiger partial charge in [-0.1, -0.05) is 43.1 Å². The van der Waals surface area contributed by atoms with Crippen LogP contribution in [0.15, 0.2) is 18.2 Å². The summed E-state index contributed by atoms with van der Waals surface area (Å²) < 4.78 is 0. The van der Waals surface area contributed by atoms with Crippen molar-refractivity contribution in [2.45, 2.75) is 44.9 Å². The summed E-state index contributed by atoms with van der Waals surface area (Å²) in [7, 11) is 0. The maximum absolute atomic E-state index is 11.8. The summed E-state index contributed by atoms with van der Waals surface area (Å²) in [6.45, 7) is 4.34. The normalized spacial score (nSPS) is 11.3. The number of nitrogens with one attached hydrogen (secondary N) is 1. The van der Waals surface area contributed by atoms with Gasteiger partial charge in [-0.05, 0) is 30.5 Å². The van der Waals surface area contributed by atoms with Gasteiger partial charge in [0, 0.05) is 34.8 Å². The topological polar surface area (TPSA) is 66.4 Å². The zero-order valence-electron chi connectivity index (χ0n) is 12.8. The summed E-state index contributed by atoms with van der Waals surface area (Å²) in [4.78, 5) is 22.2. The Kier molecular flexibility index (Phi) is 7.17. The second-order valence-corrected chi connectivity index (χ2v) is 6.67. The Bertz CT molecular complexity index is 524. The molecule has 1 rings (SSSR count). The van der Waals surface area contributed by atoms with Crippen LogP contribution in [0.1, 0.15) is 45.1 Å². The molecule has 2 N–H and O–H groups in total. The summed E-state index contributed by atoms with van der Waals surface area (Å²) in [6, 6.07) is 5.34. The highest BCUT2D eigenvalue weighted by molar-refractivity contribution is 6.36. The van der Waals surface area contributed by atoms with Gasteiger partial charge in [-0.3, -0.25) is 9.59 Å². The zero-order valence-corrected chi connectivity index (χ0v) is 14.3. The van der Waals surface area contributed by atoms with Crippen molar-refractivity contribution in [1.29, 1.82) is 0 Å². The number of rotatable bonds is 8. The van der Waals surface area contributed by atoms with E-state index in [1.54, 1.807) is 18.2 Å². The molecule has 0 atom stereocenters. The lowest BCUT2D eigenvalue weighted by Crippen LogP contribution is -2.37. The van der Waals surface area contributed by atoms with Crippen molar-refractivity contribution >= 4 is 35.1 Å². The fourth-order valence-electron chi connectivity index (χ4n) is 2.20. The van der Waals surface area contributed by atoms with Gasteiger partial charge in [0.15, 0.2) is 0 Å². The maximum atomic E-state index is 11.8. The molecule has 0 aromatic heterocycles. The standard InChI is InChI=1S/C16H21Cl2NO3/c1-16(2,15-11(17)6-5-7-12(15)18)10-19-13(20)8-3-4-9-14(21)22/h5-7H,3-4,8-10H2,1-2H3,(H,19,20)(H,21,22). The third-order valence-corrected chi connectivity index (χ3v) is 4.04. The van der Waals surface area contributed by atoms with Crippen LogP contribution in [0, 0.1) is 0 Å². The van der Waals surface area contributed by atoms with Crippen LogP contribution in [0.2, 0.25) is 10.0 Å². The van der Waals surface area contributed by atoms with Crippen molar-refractivity contribution in [3.8, 4) is 0 Å². The van der Waals surface area contributed by atoms with Crippen molar-refractivity contribution in [3.63, 3.8) is 0 Å². The van der Waals surface area contributed by atoms with Crippen LogP contribution in [-0.2, 0) is 15.0 Å². The molecule has 22 heavy (non-hydrogen) atoms. The molecule has 0 radical (unpaired) electrons. The highest BCUT2D eigenvalue weighted by Gasteiger charge is 2.26. The van der Waals surface area contributed by atoms with Gasteiger partial charge in [-0.2, -0.15) is 0 Å². The average molecular weight is 346 g/mol. The van der Waals surface area contributed by atoms with E-state index in [2.05, 4.69) is 5.32 Å². The number of benzene rings is 1. The Balaban J connectivity index is 2.52. The van der Waals surface area contributed by atoms with Crippen LogP contribution in [-0.4, -0.2) is 23.5 Å². The Morgan fingerprint density at radius 1 is 1.14 bits per heavy atom. The molecule has 0 aliphatic rings. The molecule has 0 bridgehead atoms. The zero-order chi connectivity index (χ0) is 16.8. The summed E-state index contributed by atoms with van der Waals surface area (Å²) in [5, 5.41) is 12.6. The van der Waals surface area contributed by atoms with Gasteiger partial charge in [-0.15, -0.1) is 0 Å². The number of carboxylic acids is 1. The number of hydrogen-bond donors (Lipinski definition) is 2. The third kappa shape index (κ3) is 5.85. The van der Waals surface area contributed by atoms with Crippen LogP contribution in [0.5, 0.6) is 0 Å². The molecule has 0 aliphatic carbocycles. The molecule has 0 heterocycles. The molecule has 0 unspecified atom stereocenters. The number of halogens is 2. The minimum atomic E-state index is -0.838. The number of carboxylic acid groups (broad SMARTS) is 1. The van der Waals surface area contributed by atoms with Crippen molar-refractivity contribution in [2.75, 3.05) is 6.54 Å².